The Balaban J connectivity index is 2.36. The molecule has 2 N–H and O–H groups in total. The van der Waals surface area contributed by atoms with Gasteiger partial charge >= 0.3 is 6.61 Å². The molecule has 0 spiro atoms. The summed E-state index contributed by atoms with van der Waals surface area (Å²) in [4.78, 5) is 24.2. The first-order chi connectivity index (χ1) is 14.3. The quantitative estimate of drug-likeness (QED) is 0.350. The summed E-state index contributed by atoms with van der Waals surface area (Å²) in [7, 11) is -4.03. The zero-order valence-electron chi connectivity index (χ0n) is 16.2. The first kappa shape index (κ1) is 24.3. The number of pyridine rings is 1. The molecule has 1 aromatic heterocycles. The van der Waals surface area contributed by atoms with Gasteiger partial charge in [-0.2, -0.15) is 8.78 Å². The zero-order valence-corrected chi connectivity index (χ0v) is 17.1. The molecule has 0 saturated heterocycles. The van der Waals surface area contributed by atoms with Crippen LogP contribution in [0.4, 0.5) is 17.6 Å². The molecule has 31 heavy (non-hydrogen) atoms. The first-order valence-electron chi connectivity index (χ1n) is 8.59. The van der Waals surface area contributed by atoms with Gasteiger partial charge in [0.05, 0.1) is 0 Å². The maximum Gasteiger partial charge on any atom is 0.387 e. The highest BCUT2D eigenvalue weighted by Crippen LogP contribution is 2.28. The van der Waals surface area contributed by atoms with E-state index in [1.165, 1.54) is 5.48 Å². The van der Waals surface area contributed by atoms with Crippen molar-refractivity contribution in [2.45, 2.75) is 31.2 Å². The van der Waals surface area contributed by atoms with Crippen LogP contribution in [-0.4, -0.2) is 41.7 Å². The molecule has 2 aromatic rings. The molecule has 13 heteroatoms. The van der Waals surface area contributed by atoms with Gasteiger partial charge in [0.25, 0.3) is 11.5 Å². The maximum absolute atomic E-state index is 14.6. The Morgan fingerprint density at radius 3 is 2.42 bits per heavy atom. The van der Waals surface area contributed by atoms with E-state index in [9.17, 15) is 35.6 Å². The number of amides is 1. The minimum Gasteiger partial charge on any atom is -0.432 e. The van der Waals surface area contributed by atoms with Gasteiger partial charge in [-0.05, 0) is 31.0 Å². The third-order valence-corrected chi connectivity index (χ3v) is 6.79. The van der Waals surface area contributed by atoms with Gasteiger partial charge in [-0.25, -0.2) is 22.7 Å². The smallest absolute Gasteiger partial charge is 0.387 e. The number of aromatic nitrogens is 1. The Labute approximate surface area is 173 Å². The molecule has 8 nitrogen and oxygen atoms in total. The summed E-state index contributed by atoms with van der Waals surface area (Å²) < 4.78 is 79.5. The number of carbonyl (C=O) groups is 1. The molecule has 0 aliphatic rings. The molecule has 0 saturated carbocycles. The summed E-state index contributed by atoms with van der Waals surface area (Å²) in [5, 5.41) is 8.81. The summed E-state index contributed by atoms with van der Waals surface area (Å²) in [6.07, 6.45) is 1.04. The summed E-state index contributed by atoms with van der Waals surface area (Å²) >= 11 is 0. The van der Waals surface area contributed by atoms with E-state index in [0.29, 0.717) is 6.07 Å². The number of aryl methyl sites for hydroxylation is 1. The Morgan fingerprint density at radius 2 is 1.90 bits per heavy atom. The van der Waals surface area contributed by atoms with Crippen LogP contribution >= 0.6 is 0 Å². The Bertz CT molecular complexity index is 1150. The van der Waals surface area contributed by atoms with Gasteiger partial charge in [-0.15, -0.1) is 0 Å². The van der Waals surface area contributed by atoms with Crippen molar-refractivity contribution >= 4 is 15.7 Å². The number of hydrogen-bond donors (Lipinski definition) is 2. The third-order valence-electron chi connectivity index (χ3n) is 4.77. The highest BCUT2D eigenvalue weighted by molar-refractivity contribution is 7.92. The number of hydroxylamine groups is 1. The van der Waals surface area contributed by atoms with Gasteiger partial charge in [0.2, 0.25) is 0 Å². The van der Waals surface area contributed by atoms with Crippen molar-refractivity contribution in [1.29, 1.82) is 0 Å². The van der Waals surface area contributed by atoms with Crippen molar-refractivity contribution in [3.8, 4) is 16.9 Å². The number of alkyl halides is 2. The number of nitrogens with zero attached hydrogens (tertiary/aromatic N) is 1. The van der Waals surface area contributed by atoms with Crippen LogP contribution < -0.4 is 15.8 Å². The molecule has 2 rings (SSSR count). The molecule has 1 aromatic carbocycles. The predicted octanol–water partition coefficient (Wildman–Crippen LogP) is 2.09. The van der Waals surface area contributed by atoms with Crippen molar-refractivity contribution < 1.29 is 40.7 Å². The van der Waals surface area contributed by atoms with E-state index in [4.69, 9.17) is 5.21 Å². The van der Waals surface area contributed by atoms with Gasteiger partial charge in [-0.1, -0.05) is 6.07 Å². The summed E-state index contributed by atoms with van der Waals surface area (Å²) in [6.45, 7) is -2.62. The van der Waals surface area contributed by atoms with Gasteiger partial charge in [0, 0.05) is 30.6 Å². The Kier molecular flexibility index (Phi) is 7.11. The molecule has 0 radical (unpaired) electrons. The van der Waals surface area contributed by atoms with Gasteiger partial charge in [-0.3, -0.25) is 14.8 Å². The third kappa shape index (κ3) is 5.22. The van der Waals surface area contributed by atoms with Crippen molar-refractivity contribution in [2.75, 3.05) is 6.26 Å². The fraction of sp³-hybridized carbons (Fsp3) is 0.333. The number of ether oxygens (including phenoxy) is 1. The van der Waals surface area contributed by atoms with Gasteiger partial charge < -0.3 is 9.30 Å². The maximum atomic E-state index is 14.6. The van der Waals surface area contributed by atoms with Crippen LogP contribution in [0, 0.1) is 11.6 Å². The Morgan fingerprint density at radius 1 is 1.26 bits per heavy atom. The molecule has 0 aliphatic heterocycles. The van der Waals surface area contributed by atoms with E-state index in [2.05, 4.69) is 4.74 Å². The van der Waals surface area contributed by atoms with E-state index in [1.807, 2.05) is 0 Å². The van der Waals surface area contributed by atoms with Crippen LogP contribution in [0.15, 0.2) is 35.3 Å². The second kappa shape index (κ2) is 9.06. The number of sulfone groups is 1. The van der Waals surface area contributed by atoms with Gasteiger partial charge in [0.1, 0.15) is 5.82 Å². The van der Waals surface area contributed by atoms with E-state index in [0.717, 1.165) is 42.1 Å². The average molecular weight is 466 g/mol. The number of benzene rings is 1. The van der Waals surface area contributed by atoms with Crippen molar-refractivity contribution in [3.63, 3.8) is 0 Å². The summed E-state index contributed by atoms with van der Waals surface area (Å²) in [6, 6.07) is 3.45. The fourth-order valence-corrected chi connectivity index (χ4v) is 3.57. The normalized spacial score (nSPS) is 13.7. The number of carbonyl (C=O) groups excluding carboxylic acids is 1. The molecule has 0 aliphatic carbocycles. The molecule has 0 fully saturated rings. The molecule has 1 heterocycles. The number of hydrogen-bond acceptors (Lipinski definition) is 6. The Hall–Kier alpha value is -2.93. The van der Waals surface area contributed by atoms with Crippen molar-refractivity contribution in [2.24, 2.45) is 0 Å². The highest BCUT2D eigenvalue weighted by Gasteiger charge is 2.43. The zero-order chi connectivity index (χ0) is 23.6. The molecule has 1 unspecified atom stereocenters. The second-order valence-electron chi connectivity index (χ2n) is 6.78. The first-order valence-corrected chi connectivity index (χ1v) is 10.5. The molecular formula is C18H18F4N2O6S. The van der Waals surface area contributed by atoms with Crippen molar-refractivity contribution in [1.82, 2.24) is 10.0 Å². The van der Waals surface area contributed by atoms with Crippen LogP contribution in [0.1, 0.15) is 13.3 Å². The van der Waals surface area contributed by atoms with E-state index in [1.54, 1.807) is 0 Å². The lowest BCUT2D eigenvalue weighted by molar-refractivity contribution is -0.131. The summed E-state index contributed by atoms with van der Waals surface area (Å²) in [5.74, 6) is -4.16. The van der Waals surface area contributed by atoms with E-state index < -0.39 is 63.0 Å². The van der Waals surface area contributed by atoms with Gasteiger partial charge in [0.15, 0.2) is 26.2 Å². The lowest BCUT2D eigenvalue weighted by atomic mass is 10.0. The van der Waals surface area contributed by atoms with E-state index in [-0.39, 0.29) is 11.1 Å². The minimum absolute atomic E-state index is 0.124. The van der Waals surface area contributed by atoms with Crippen LogP contribution in [0.3, 0.4) is 0 Å². The minimum atomic E-state index is -4.03. The van der Waals surface area contributed by atoms with Crippen LogP contribution in [-0.2, 0) is 21.2 Å². The SMILES string of the molecule is CC(CCn1cc(F)c(-c2ccc(OC(F)F)c(F)c2)cc1=O)(C(=O)NO)S(C)(=O)=O. The number of halogens is 4. The number of rotatable bonds is 8. The number of nitrogens with one attached hydrogen (secondary N) is 1. The van der Waals surface area contributed by atoms with Crippen LogP contribution in [0.25, 0.3) is 11.1 Å². The lowest BCUT2D eigenvalue weighted by Crippen LogP contribution is -2.50. The van der Waals surface area contributed by atoms with Crippen molar-refractivity contribution in [3.05, 3.63) is 52.5 Å². The van der Waals surface area contributed by atoms with Crippen LogP contribution in [0.2, 0.25) is 0 Å². The largest absolute Gasteiger partial charge is 0.432 e. The molecule has 1 atom stereocenters. The molecule has 1 amide bonds. The second-order valence-corrected chi connectivity index (χ2v) is 9.23. The standard InChI is InChI=1S/C18H18F4N2O6S/c1-18(16(26)23-27,31(2,28)29)5-6-24-9-13(20)11(8-15(24)25)10-3-4-14(12(19)7-10)30-17(21)22/h3-4,7-9,17,27H,5-6H2,1-2H3,(H,23,26). The lowest BCUT2D eigenvalue weighted by Gasteiger charge is -2.25. The average Bonchev–Trinajstić information content (AvgIpc) is 2.67. The van der Waals surface area contributed by atoms with E-state index >= 15 is 0 Å². The molecule has 170 valence electrons. The fourth-order valence-electron chi connectivity index (χ4n) is 2.72. The molecular weight excluding hydrogens is 448 g/mol. The topological polar surface area (TPSA) is 115 Å². The monoisotopic (exact) mass is 466 g/mol. The molecule has 0 bridgehead atoms. The summed E-state index contributed by atoms with van der Waals surface area (Å²) in [5.41, 5.74) is -0.00108. The highest BCUT2D eigenvalue weighted by atomic mass is 32.2. The van der Waals surface area contributed by atoms with Crippen LogP contribution in [0.5, 0.6) is 5.75 Å². The predicted molar refractivity (Wildman–Crippen MR) is 100 cm³/mol.